The molecular formula is C22H22ClN3O6S. The number of halogens is 1. The topological polar surface area (TPSA) is 117 Å². The van der Waals surface area contributed by atoms with Gasteiger partial charge in [-0.1, -0.05) is 29.8 Å². The number of nitriles is 1. The van der Waals surface area contributed by atoms with Crippen molar-refractivity contribution >= 4 is 39.2 Å². The van der Waals surface area contributed by atoms with Crippen LogP contribution in [0, 0.1) is 11.3 Å². The number of morpholine rings is 1. The minimum Gasteiger partial charge on any atom is -0.452 e. The summed E-state index contributed by atoms with van der Waals surface area (Å²) in [7, 11) is -3.93. The Balaban J connectivity index is 1.73. The fourth-order valence-corrected chi connectivity index (χ4v) is 5.12. The molecule has 0 radical (unpaired) electrons. The van der Waals surface area contributed by atoms with Crippen molar-refractivity contribution in [2.45, 2.75) is 11.3 Å². The second kappa shape index (κ2) is 11.2. The second-order valence-electron chi connectivity index (χ2n) is 7.03. The van der Waals surface area contributed by atoms with E-state index in [0.717, 1.165) is 6.07 Å². The predicted molar refractivity (Wildman–Crippen MR) is 120 cm³/mol. The molecule has 1 aliphatic rings. The SMILES string of the molecule is N#CCCN(C(=O)COC(=O)c1ccc(Cl)c(S(=O)(=O)N2CCOCC2)c1)c1ccccc1. The molecule has 9 nitrogen and oxygen atoms in total. The molecule has 174 valence electrons. The molecule has 1 fully saturated rings. The van der Waals surface area contributed by atoms with Crippen molar-refractivity contribution in [1.82, 2.24) is 4.31 Å². The molecule has 1 saturated heterocycles. The van der Waals surface area contributed by atoms with Gasteiger partial charge in [0.2, 0.25) is 10.0 Å². The fourth-order valence-electron chi connectivity index (χ4n) is 3.21. The van der Waals surface area contributed by atoms with Crippen LogP contribution in [0.15, 0.2) is 53.4 Å². The van der Waals surface area contributed by atoms with Gasteiger partial charge >= 0.3 is 5.97 Å². The molecule has 1 aliphatic heterocycles. The van der Waals surface area contributed by atoms with Gasteiger partial charge in [0.15, 0.2) is 6.61 Å². The summed E-state index contributed by atoms with van der Waals surface area (Å²) in [4.78, 5) is 26.4. The van der Waals surface area contributed by atoms with Crippen molar-refractivity contribution in [3.8, 4) is 6.07 Å². The Kier molecular flexibility index (Phi) is 8.41. The van der Waals surface area contributed by atoms with Crippen molar-refractivity contribution < 1.29 is 27.5 Å². The molecule has 0 aromatic heterocycles. The van der Waals surface area contributed by atoms with E-state index >= 15 is 0 Å². The van der Waals surface area contributed by atoms with Crippen LogP contribution in [-0.2, 0) is 24.3 Å². The molecule has 0 saturated carbocycles. The van der Waals surface area contributed by atoms with Crippen molar-refractivity contribution in [2.24, 2.45) is 0 Å². The van der Waals surface area contributed by atoms with E-state index in [1.165, 1.54) is 21.3 Å². The summed E-state index contributed by atoms with van der Waals surface area (Å²) in [6.07, 6.45) is 0.106. The molecule has 0 aliphatic carbocycles. The zero-order chi connectivity index (χ0) is 23.8. The number of rotatable bonds is 8. The highest BCUT2D eigenvalue weighted by Gasteiger charge is 2.29. The lowest BCUT2D eigenvalue weighted by Gasteiger charge is -2.26. The Morgan fingerprint density at radius 3 is 2.52 bits per heavy atom. The second-order valence-corrected chi connectivity index (χ2v) is 9.34. The summed E-state index contributed by atoms with van der Waals surface area (Å²) in [5.74, 6) is -1.38. The fraction of sp³-hybridized carbons (Fsp3) is 0.318. The van der Waals surface area contributed by atoms with Gasteiger partial charge in [0.1, 0.15) is 4.90 Å². The maximum atomic E-state index is 12.9. The largest absolute Gasteiger partial charge is 0.452 e. The van der Waals surface area contributed by atoms with Gasteiger partial charge in [0.25, 0.3) is 5.91 Å². The van der Waals surface area contributed by atoms with E-state index in [9.17, 15) is 18.0 Å². The number of carbonyl (C=O) groups excluding carboxylic acids is 2. The maximum Gasteiger partial charge on any atom is 0.338 e. The molecule has 0 atom stereocenters. The number of amides is 1. The number of ether oxygens (including phenoxy) is 2. The van der Waals surface area contributed by atoms with Gasteiger partial charge in [-0.3, -0.25) is 4.79 Å². The molecule has 3 rings (SSSR count). The lowest BCUT2D eigenvalue weighted by Crippen LogP contribution is -2.40. The third-order valence-corrected chi connectivity index (χ3v) is 7.28. The molecule has 0 unspecified atom stereocenters. The van der Waals surface area contributed by atoms with E-state index in [2.05, 4.69) is 0 Å². The summed E-state index contributed by atoms with van der Waals surface area (Å²) in [5.41, 5.74) is 0.515. The molecule has 1 heterocycles. The summed E-state index contributed by atoms with van der Waals surface area (Å²) in [6, 6.07) is 14.5. The first-order valence-corrected chi connectivity index (χ1v) is 11.9. The van der Waals surface area contributed by atoms with Gasteiger partial charge in [-0.25, -0.2) is 13.2 Å². The number of anilines is 1. The van der Waals surface area contributed by atoms with E-state index < -0.39 is 28.5 Å². The molecular weight excluding hydrogens is 470 g/mol. The summed E-state index contributed by atoms with van der Waals surface area (Å²) in [6.45, 7) is 0.460. The zero-order valence-electron chi connectivity index (χ0n) is 17.6. The lowest BCUT2D eigenvalue weighted by molar-refractivity contribution is -0.121. The van der Waals surface area contributed by atoms with Crippen LogP contribution in [0.5, 0.6) is 0 Å². The van der Waals surface area contributed by atoms with Gasteiger partial charge < -0.3 is 14.4 Å². The van der Waals surface area contributed by atoms with Crippen molar-refractivity contribution in [3.05, 3.63) is 59.1 Å². The van der Waals surface area contributed by atoms with Crippen LogP contribution in [0.3, 0.4) is 0 Å². The molecule has 0 bridgehead atoms. The van der Waals surface area contributed by atoms with E-state index in [1.54, 1.807) is 30.3 Å². The Morgan fingerprint density at radius 1 is 1.15 bits per heavy atom. The Hall–Kier alpha value is -2.97. The van der Waals surface area contributed by atoms with Crippen molar-refractivity contribution in [3.63, 3.8) is 0 Å². The normalized spacial score (nSPS) is 14.3. The molecule has 0 N–H and O–H groups in total. The molecule has 11 heteroatoms. The number of para-hydroxylation sites is 1. The minimum absolute atomic E-state index is 0.0270. The first-order chi connectivity index (χ1) is 15.8. The van der Waals surface area contributed by atoms with Gasteiger partial charge in [-0.15, -0.1) is 0 Å². The standard InChI is InChI=1S/C22H22ClN3O6S/c23-19-8-7-17(15-20(19)33(29,30)25-11-13-31-14-12-25)22(28)32-16-21(27)26(10-4-9-24)18-5-2-1-3-6-18/h1-3,5-8,15H,4,10-14,16H2. The molecule has 33 heavy (non-hydrogen) atoms. The Morgan fingerprint density at radius 2 is 1.85 bits per heavy atom. The third kappa shape index (κ3) is 6.09. The number of carbonyl (C=O) groups is 2. The van der Waals surface area contributed by atoms with Crippen LogP contribution in [-0.4, -0.2) is 64.1 Å². The van der Waals surface area contributed by atoms with Crippen LogP contribution in [0.25, 0.3) is 0 Å². The van der Waals surface area contributed by atoms with E-state index in [4.69, 9.17) is 26.3 Å². The summed E-state index contributed by atoms with van der Waals surface area (Å²) in [5, 5.41) is 8.85. The van der Waals surface area contributed by atoms with Gasteiger partial charge in [-0.2, -0.15) is 9.57 Å². The Bertz CT molecular complexity index is 1140. The molecule has 1 amide bonds. The number of hydrogen-bond acceptors (Lipinski definition) is 7. The molecule has 2 aromatic rings. The number of benzene rings is 2. The van der Waals surface area contributed by atoms with E-state index in [0.29, 0.717) is 5.69 Å². The van der Waals surface area contributed by atoms with Crippen molar-refractivity contribution in [1.29, 1.82) is 5.26 Å². The highest BCUT2D eigenvalue weighted by Crippen LogP contribution is 2.27. The van der Waals surface area contributed by atoms with Gasteiger partial charge in [0.05, 0.1) is 36.3 Å². The smallest absolute Gasteiger partial charge is 0.338 e. The van der Waals surface area contributed by atoms with E-state index in [1.807, 2.05) is 6.07 Å². The molecule has 2 aromatic carbocycles. The first kappa shape index (κ1) is 24.7. The molecule has 0 spiro atoms. The first-order valence-electron chi connectivity index (χ1n) is 10.1. The minimum atomic E-state index is -3.93. The van der Waals surface area contributed by atoms with Gasteiger partial charge in [0, 0.05) is 25.3 Å². The van der Waals surface area contributed by atoms with Crippen molar-refractivity contribution in [2.75, 3.05) is 44.4 Å². The summed E-state index contributed by atoms with van der Waals surface area (Å²) >= 11 is 6.11. The average Bonchev–Trinajstić information content (AvgIpc) is 2.84. The zero-order valence-corrected chi connectivity index (χ0v) is 19.2. The number of sulfonamides is 1. The van der Waals surface area contributed by atoms with Crippen LogP contribution in [0.2, 0.25) is 5.02 Å². The lowest BCUT2D eigenvalue weighted by atomic mass is 10.2. The average molecular weight is 492 g/mol. The predicted octanol–water partition coefficient (Wildman–Crippen LogP) is 2.46. The van der Waals surface area contributed by atoms with Crippen LogP contribution in [0.4, 0.5) is 5.69 Å². The highest BCUT2D eigenvalue weighted by atomic mass is 35.5. The number of esters is 1. The van der Waals surface area contributed by atoms with Crippen LogP contribution >= 0.6 is 11.6 Å². The summed E-state index contributed by atoms with van der Waals surface area (Å²) < 4.78 is 37.5. The number of hydrogen-bond donors (Lipinski definition) is 0. The highest BCUT2D eigenvalue weighted by molar-refractivity contribution is 7.89. The number of nitrogens with zero attached hydrogens (tertiary/aromatic N) is 3. The monoisotopic (exact) mass is 491 g/mol. The Labute approximate surface area is 197 Å². The maximum absolute atomic E-state index is 12.9. The third-order valence-electron chi connectivity index (χ3n) is 4.90. The van der Waals surface area contributed by atoms with E-state index in [-0.39, 0.29) is 54.8 Å². The van der Waals surface area contributed by atoms with Crippen LogP contribution < -0.4 is 4.90 Å². The van der Waals surface area contributed by atoms with Gasteiger partial charge in [-0.05, 0) is 30.3 Å². The van der Waals surface area contributed by atoms with Crippen LogP contribution in [0.1, 0.15) is 16.8 Å². The quantitative estimate of drug-likeness (QED) is 0.520.